The zero-order valence-corrected chi connectivity index (χ0v) is 15.0. The molecule has 132 valence electrons. The van der Waals surface area contributed by atoms with Gasteiger partial charge in [0.1, 0.15) is 5.60 Å². The third kappa shape index (κ3) is 5.13. The summed E-state index contributed by atoms with van der Waals surface area (Å²) in [4.78, 5) is 25.3. The molecule has 0 saturated carbocycles. The van der Waals surface area contributed by atoms with Crippen LogP contribution in [0, 0.1) is 11.8 Å². The lowest BCUT2D eigenvalue weighted by Crippen LogP contribution is -2.48. The topological polar surface area (TPSA) is 66.8 Å². The minimum absolute atomic E-state index is 0.0117. The van der Waals surface area contributed by atoms with Crippen LogP contribution in [0.3, 0.4) is 0 Å². The van der Waals surface area contributed by atoms with E-state index in [4.69, 9.17) is 16.3 Å². The lowest BCUT2D eigenvalue weighted by atomic mass is 9.81. The maximum absolute atomic E-state index is 12.2. The first kappa shape index (κ1) is 18.6. The summed E-state index contributed by atoms with van der Waals surface area (Å²) in [7, 11) is 0. The molecule has 0 unspecified atom stereocenters. The van der Waals surface area contributed by atoms with Crippen LogP contribution < -0.4 is 0 Å². The van der Waals surface area contributed by atoms with Crippen molar-refractivity contribution in [1.29, 1.82) is 0 Å². The number of carboxylic acids is 1. The fourth-order valence-electron chi connectivity index (χ4n) is 2.94. The number of benzene rings is 1. The van der Waals surface area contributed by atoms with Crippen LogP contribution in [0.4, 0.5) is 4.79 Å². The highest BCUT2D eigenvalue weighted by Gasteiger charge is 2.37. The molecule has 1 saturated heterocycles. The van der Waals surface area contributed by atoms with Gasteiger partial charge in [0.15, 0.2) is 0 Å². The Balaban J connectivity index is 2.04. The number of ether oxygens (including phenoxy) is 1. The van der Waals surface area contributed by atoms with Crippen LogP contribution in [0.25, 0.3) is 0 Å². The number of likely N-dealkylation sites (tertiary alicyclic amines) is 1. The van der Waals surface area contributed by atoms with E-state index in [-0.39, 0.29) is 12.5 Å². The van der Waals surface area contributed by atoms with Crippen LogP contribution in [0.15, 0.2) is 24.3 Å². The van der Waals surface area contributed by atoms with Crippen molar-refractivity contribution < 1.29 is 19.4 Å². The molecule has 1 amide bonds. The van der Waals surface area contributed by atoms with Gasteiger partial charge in [-0.15, -0.1) is 0 Å². The van der Waals surface area contributed by atoms with E-state index in [1.165, 1.54) is 4.90 Å². The Labute approximate surface area is 147 Å². The maximum atomic E-state index is 12.2. The number of carbonyl (C=O) groups excluding carboxylic acids is 1. The van der Waals surface area contributed by atoms with E-state index in [1.54, 1.807) is 20.8 Å². The summed E-state index contributed by atoms with van der Waals surface area (Å²) in [6.07, 6.45) is 0.855. The van der Waals surface area contributed by atoms with Crippen LogP contribution in [-0.2, 0) is 16.0 Å². The van der Waals surface area contributed by atoms with Crippen molar-refractivity contribution >= 4 is 23.7 Å². The van der Waals surface area contributed by atoms with Crippen molar-refractivity contribution in [2.45, 2.75) is 39.2 Å². The van der Waals surface area contributed by atoms with Crippen LogP contribution in [-0.4, -0.2) is 40.8 Å². The molecular formula is C18H24ClNO4. The predicted molar refractivity (Wildman–Crippen MR) is 92.2 cm³/mol. The summed E-state index contributed by atoms with van der Waals surface area (Å²) in [5.41, 5.74) is 0.469. The molecule has 1 aromatic rings. The fraction of sp³-hybridized carbons (Fsp3) is 0.556. The van der Waals surface area contributed by atoms with Gasteiger partial charge in [-0.3, -0.25) is 4.79 Å². The van der Waals surface area contributed by atoms with Gasteiger partial charge in [-0.1, -0.05) is 23.7 Å². The lowest BCUT2D eigenvalue weighted by molar-refractivity contribution is -0.145. The van der Waals surface area contributed by atoms with E-state index >= 15 is 0 Å². The van der Waals surface area contributed by atoms with Crippen LogP contribution >= 0.6 is 11.6 Å². The van der Waals surface area contributed by atoms with Crippen molar-refractivity contribution in [2.75, 3.05) is 13.1 Å². The first-order valence-corrected chi connectivity index (χ1v) is 8.48. The van der Waals surface area contributed by atoms with Crippen LogP contribution in [0.5, 0.6) is 0 Å². The number of carboxylic acid groups (broad SMARTS) is 1. The zero-order valence-electron chi connectivity index (χ0n) is 14.3. The Morgan fingerprint density at radius 2 is 1.92 bits per heavy atom. The first-order chi connectivity index (χ1) is 11.2. The van der Waals surface area contributed by atoms with E-state index < -0.39 is 23.6 Å². The van der Waals surface area contributed by atoms with Gasteiger partial charge in [0.25, 0.3) is 0 Å². The highest BCUT2D eigenvalue weighted by Crippen LogP contribution is 2.29. The van der Waals surface area contributed by atoms with E-state index in [0.717, 1.165) is 5.56 Å². The summed E-state index contributed by atoms with van der Waals surface area (Å²) in [5, 5.41) is 10.2. The fourth-order valence-corrected chi connectivity index (χ4v) is 3.07. The molecule has 2 atom stereocenters. The van der Waals surface area contributed by atoms with E-state index in [0.29, 0.717) is 24.4 Å². The number of hydrogen-bond acceptors (Lipinski definition) is 3. The third-order valence-electron chi connectivity index (χ3n) is 4.14. The summed E-state index contributed by atoms with van der Waals surface area (Å²) in [6.45, 7) is 6.09. The number of hydrogen-bond donors (Lipinski definition) is 1. The average molecular weight is 354 g/mol. The van der Waals surface area contributed by atoms with Crippen molar-refractivity contribution in [1.82, 2.24) is 4.90 Å². The number of halogens is 1. The highest BCUT2D eigenvalue weighted by molar-refractivity contribution is 6.30. The standard InChI is InChI=1S/C18H24ClNO4/c1-18(2,3)24-17(23)20-9-8-13(15(11-20)16(21)22)10-12-4-6-14(19)7-5-12/h4-7,13,15H,8-11H2,1-3H3,(H,21,22)/t13-,15-/m0/s1. The largest absolute Gasteiger partial charge is 0.481 e. The molecule has 0 radical (unpaired) electrons. The predicted octanol–water partition coefficient (Wildman–Crippen LogP) is 3.84. The molecule has 1 aromatic carbocycles. The van der Waals surface area contributed by atoms with Gasteiger partial charge >= 0.3 is 12.1 Å². The smallest absolute Gasteiger partial charge is 0.410 e. The van der Waals surface area contributed by atoms with E-state index in [1.807, 2.05) is 24.3 Å². The van der Waals surface area contributed by atoms with Gasteiger partial charge in [-0.2, -0.15) is 0 Å². The first-order valence-electron chi connectivity index (χ1n) is 8.11. The van der Waals surface area contributed by atoms with Crippen LogP contribution in [0.2, 0.25) is 5.02 Å². The quantitative estimate of drug-likeness (QED) is 0.896. The molecule has 1 N–H and O–H groups in total. The normalized spacial score (nSPS) is 21.4. The second-order valence-corrected chi connectivity index (χ2v) is 7.69. The Hall–Kier alpha value is -1.75. The molecule has 0 bridgehead atoms. The van der Waals surface area contributed by atoms with Gasteiger partial charge in [0, 0.05) is 18.1 Å². The van der Waals surface area contributed by atoms with Gasteiger partial charge in [0.2, 0.25) is 0 Å². The number of aliphatic carboxylic acids is 1. The molecule has 1 aliphatic rings. The molecule has 1 aliphatic heterocycles. The molecule has 1 heterocycles. The Morgan fingerprint density at radius 1 is 1.29 bits per heavy atom. The molecule has 1 fully saturated rings. The number of piperidine rings is 1. The van der Waals surface area contributed by atoms with Crippen LogP contribution in [0.1, 0.15) is 32.8 Å². The summed E-state index contributed by atoms with van der Waals surface area (Å²) in [6, 6.07) is 7.45. The average Bonchev–Trinajstić information content (AvgIpc) is 2.48. The Kier molecular flexibility index (Phi) is 5.75. The number of rotatable bonds is 3. The summed E-state index contributed by atoms with van der Waals surface area (Å²) >= 11 is 5.89. The molecule has 5 nitrogen and oxygen atoms in total. The molecule has 0 aliphatic carbocycles. The van der Waals surface area contributed by atoms with Gasteiger partial charge in [-0.05, 0) is 57.2 Å². The van der Waals surface area contributed by atoms with Crippen molar-refractivity contribution in [3.05, 3.63) is 34.9 Å². The Morgan fingerprint density at radius 3 is 2.46 bits per heavy atom. The SMILES string of the molecule is CC(C)(C)OC(=O)N1CC[C@@H](Cc2ccc(Cl)cc2)[C@@H](C(=O)O)C1. The molecule has 0 aromatic heterocycles. The maximum Gasteiger partial charge on any atom is 0.410 e. The number of carbonyl (C=O) groups is 2. The monoisotopic (exact) mass is 353 g/mol. The molecule has 2 rings (SSSR count). The third-order valence-corrected chi connectivity index (χ3v) is 4.39. The Bertz CT molecular complexity index is 594. The summed E-state index contributed by atoms with van der Waals surface area (Å²) < 4.78 is 5.35. The molecule has 24 heavy (non-hydrogen) atoms. The number of amides is 1. The molecular weight excluding hydrogens is 330 g/mol. The van der Waals surface area contributed by atoms with Crippen molar-refractivity contribution in [3.8, 4) is 0 Å². The molecule has 6 heteroatoms. The van der Waals surface area contributed by atoms with E-state index in [2.05, 4.69) is 0 Å². The van der Waals surface area contributed by atoms with Crippen molar-refractivity contribution in [2.24, 2.45) is 11.8 Å². The summed E-state index contributed by atoms with van der Waals surface area (Å²) in [5.74, 6) is -1.48. The zero-order chi connectivity index (χ0) is 17.9. The number of nitrogens with zero attached hydrogens (tertiary/aromatic N) is 1. The molecule has 0 spiro atoms. The second-order valence-electron chi connectivity index (χ2n) is 7.25. The second kappa shape index (κ2) is 7.43. The van der Waals surface area contributed by atoms with Crippen molar-refractivity contribution in [3.63, 3.8) is 0 Å². The minimum Gasteiger partial charge on any atom is -0.481 e. The highest BCUT2D eigenvalue weighted by atomic mass is 35.5. The minimum atomic E-state index is -0.873. The van der Waals surface area contributed by atoms with Gasteiger partial charge < -0.3 is 14.7 Å². The lowest BCUT2D eigenvalue weighted by Gasteiger charge is -2.37. The van der Waals surface area contributed by atoms with Gasteiger partial charge in [-0.25, -0.2) is 4.79 Å². The van der Waals surface area contributed by atoms with Gasteiger partial charge in [0.05, 0.1) is 5.92 Å². The van der Waals surface area contributed by atoms with E-state index in [9.17, 15) is 14.7 Å².